The van der Waals surface area contributed by atoms with Gasteiger partial charge in [-0.15, -0.1) is 0 Å². The summed E-state index contributed by atoms with van der Waals surface area (Å²) in [7, 11) is -4.12. The van der Waals surface area contributed by atoms with Crippen molar-refractivity contribution in [3.8, 4) is 11.5 Å². The van der Waals surface area contributed by atoms with Crippen LogP contribution in [0.2, 0.25) is 0 Å². The highest BCUT2D eigenvalue weighted by Crippen LogP contribution is 2.45. The summed E-state index contributed by atoms with van der Waals surface area (Å²) in [6.45, 7) is 5.29. The molecule has 0 aliphatic rings. The third kappa shape index (κ3) is 7.65. The summed E-state index contributed by atoms with van der Waals surface area (Å²) in [5, 5.41) is 13.4. The first-order chi connectivity index (χ1) is 14.7. The number of nitro groups is 1. The number of non-ortho nitro benzene ring substituents is 1. The normalized spacial score (nSPS) is 13.8. The van der Waals surface area contributed by atoms with Crippen molar-refractivity contribution < 1.29 is 28.1 Å². The van der Waals surface area contributed by atoms with Crippen molar-refractivity contribution in [1.29, 1.82) is 0 Å². The Kier molecular flexibility index (Phi) is 9.03. The molecular formula is C20H24BrN2O7P. The van der Waals surface area contributed by atoms with Crippen LogP contribution in [0, 0.1) is 10.1 Å². The maximum absolute atomic E-state index is 13.5. The molecule has 9 nitrogen and oxygen atoms in total. The molecule has 0 saturated carbocycles. The lowest BCUT2D eigenvalue weighted by Crippen LogP contribution is -2.37. The first-order valence-corrected chi connectivity index (χ1v) is 12.0. The van der Waals surface area contributed by atoms with Gasteiger partial charge >= 0.3 is 13.7 Å². The second kappa shape index (κ2) is 11.3. The van der Waals surface area contributed by atoms with E-state index in [1.54, 1.807) is 24.3 Å². The molecule has 0 bridgehead atoms. The van der Waals surface area contributed by atoms with Gasteiger partial charge in [-0.25, -0.2) is 4.57 Å². The number of carbonyl (C=O) groups is 1. The Hall–Kier alpha value is -2.42. The number of rotatable bonds is 11. The number of ether oxygens (including phenoxy) is 1. The molecule has 1 unspecified atom stereocenters. The molecule has 0 radical (unpaired) electrons. The van der Waals surface area contributed by atoms with Gasteiger partial charge in [-0.1, -0.05) is 29.8 Å². The van der Waals surface area contributed by atoms with Crippen molar-refractivity contribution in [3.05, 3.63) is 63.1 Å². The number of benzene rings is 2. The average Bonchev–Trinajstić information content (AvgIpc) is 2.73. The second-order valence-corrected chi connectivity index (χ2v) is 9.15. The summed E-state index contributed by atoms with van der Waals surface area (Å²) < 4.78 is 30.8. The van der Waals surface area contributed by atoms with Gasteiger partial charge in [0.05, 0.1) is 4.92 Å². The van der Waals surface area contributed by atoms with Crippen LogP contribution in [-0.4, -0.2) is 23.0 Å². The minimum Gasteiger partial charge on any atom is -0.461 e. The Labute approximate surface area is 188 Å². The van der Waals surface area contributed by atoms with Gasteiger partial charge < -0.3 is 13.8 Å². The van der Waals surface area contributed by atoms with E-state index in [1.807, 2.05) is 13.8 Å². The highest BCUT2D eigenvalue weighted by molar-refractivity contribution is 9.10. The van der Waals surface area contributed by atoms with E-state index in [9.17, 15) is 19.5 Å². The number of hydrogen-bond acceptors (Lipinski definition) is 7. The molecule has 0 aliphatic carbocycles. The number of carbonyl (C=O) groups excluding carboxylic acids is 1. The van der Waals surface area contributed by atoms with Gasteiger partial charge in [-0.05, 0) is 56.2 Å². The van der Waals surface area contributed by atoms with Crippen LogP contribution in [0.5, 0.6) is 11.5 Å². The summed E-state index contributed by atoms with van der Waals surface area (Å²) in [5.41, 5.74) is -0.147. The van der Waals surface area contributed by atoms with Crippen LogP contribution in [0.1, 0.15) is 33.6 Å². The highest BCUT2D eigenvalue weighted by atomic mass is 79.9. The van der Waals surface area contributed by atoms with Crippen LogP contribution in [0.15, 0.2) is 53.0 Å². The summed E-state index contributed by atoms with van der Waals surface area (Å²) >= 11 is 3.31. The fourth-order valence-corrected chi connectivity index (χ4v) is 4.27. The van der Waals surface area contributed by atoms with E-state index in [1.165, 1.54) is 31.2 Å². The molecule has 2 atom stereocenters. The highest BCUT2D eigenvalue weighted by Gasteiger charge is 2.34. The van der Waals surface area contributed by atoms with Crippen LogP contribution in [0.4, 0.5) is 5.69 Å². The molecule has 2 rings (SSSR count). The van der Waals surface area contributed by atoms with Gasteiger partial charge in [0.2, 0.25) is 0 Å². The van der Waals surface area contributed by atoms with Crippen molar-refractivity contribution in [3.63, 3.8) is 0 Å². The van der Waals surface area contributed by atoms with E-state index in [2.05, 4.69) is 21.0 Å². The van der Waals surface area contributed by atoms with Gasteiger partial charge in [-0.3, -0.25) is 14.9 Å². The SMILES string of the molecule is CCC(CC)OC(=O)[C@H](C)NP(=O)(Oc1ccc(Br)cc1)Oc1ccc([N+](=O)[O-])cc1. The van der Waals surface area contributed by atoms with E-state index < -0.39 is 24.7 Å². The van der Waals surface area contributed by atoms with E-state index in [-0.39, 0.29) is 23.3 Å². The number of nitro benzene ring substituents is 1. The Morgan fingerprint density at radius 1 is 1.06 bits per heavy atom. The summed E-state index contributed by atoms with van der Waals surface area (Å²) in [4.78, 5) is 22.7. The molecule has 31 heavy (non-hydrogen) atoms. The van der Waals surface area contributed by atoms with Crippen molar-refractivity contribution in [2.24, 2.45) is 0 Å². The van der Waals surface area contributed by atoms with Crippen molar-refractivity contribution >= 4 is 35.3 Å². The summed E-state index contributed by atoms with van der Waals surface area (Å²) in [6.07, 6.45) is 1.06. The van der Waals surface area contributed by atoms with Crippen molar-refractivity contribution in [2.75, 3.05) is 0 Å². The molecule has 0 saturated heterocycles. The van der Waals surface area contributed by atoms with Crippen LogP contribution in [-0.2, 0) is 14.1 Å². The second-order valence-electron chi connectivity index (χ2n) is 6.61. The van der Waals surface area contributed by atoms with E-state index in [0.29, 0.717) is 12.8 Å². The molecule has 0 amide bonds. The molecule has 0 fully saturated rings. The zero-order valence-corrected chi connectivity index (χ0v) is 19.8. The number of halogens is 1. The standard InChI is InChI=1S/C20H24BrN2O7P/c1-4-17(5-2)28-20(24)14(3)22-31(27,29-18-10-6-15(21)7-11-18)30-19-12-8-16(9-13-19)23(25)26/h6-14,17H,4-5H2,1-3H3,(H,22,27)/t14-,31?/m0/s1. The third-order valence-corrected chi connectivity index (χ3v) is 6.35. The van der Waals surface area contributed by atoms with E-state index in [4.69, 9.17) is 13.8 Å². The minimum absolute atomic E-state index is 0.0686. The Morgan fingerprint density at radius 2 is 1.55 bits per heavy atom. The van der Waals surface area contributed by atoms with Crippen LogP contribution in [0.3, 0.4) is 0 Å². The molecule has 0 heterocycles. The zero-order chi connectivity index (χ0) is 23.0. The number of esters is 1. The average molecular weight is 515 g/mol. The molecule has 11 heteroatoms. The molecule has 168 valence electrons. The Balaban J connectivity index is 2.23. The molecule has 0 spiro atoms. The summed E-state index contributed by atoms with van der Waals surface area (Å²) in [6, 6.07) is 10.5. The van der Waals surface area contributed by atoms with E-state index in [0.717, 1.165) is 4.47 Å². The molecule has 2 aromatic carbocycles. The largest absolute Gasteiger partial charge is 0.513 e. The lowest BCUT2D eigenvalue weighted by Gasteiger charge is -2.24. The topological polar surface area (TPSA) is 117 Å². The van der Waals surface area contributed by atoms with Gasteiger partial charge in [0, 0.05) is 16.6 Å². The molecular weight excluding hydrogens is 491 g/mol. The monoisotopic (exact) mass is 514 g/mol. The third-order valence-electron chi connectivity index (χ3n) is 4.21. The molecule has 0 aliphatic heterocycles. The fraction of sp³-hybridized carbons (Fsp3) is 0.350. The summed E-state index contributed by atoms with van der Waals surface area (Å²) in [5.74, 6) is -0.291. The molecule has 2 aromatic rings. The number of hydrogen-bond donors (Lipinski definition) is 1. The number of nitrogens with one attached hydrogen (secondary N) is 1. The van der Waals surface area contributed by atoms with Gasteiger partial charge in [0.25, 0.3) is 5.69 Å². The number of nitrogens with zero attached hydrogens (tertiary/aromatic N) is 1. The van der Waals surface area contributed by atoms with Crippen LogP contribution < -0.4 is 14.1 Å². The van der Waals surface area contributed by atoms with Crippen molar-refractivity contribution in [1.82, 2.24) is 5.09 Å². The predicted octanol–water partition coefficient (Wildman–Crippen LogP) is 5.63. The quantitative estimate of drug-likeness (QED) is 0.177. The van der Waals surface area contributed by atoms with Gasteiger partial charge in [0.1, 0.15) is 23.6 Å². The van der Waals surface area contributed by atoms with Crippen LogP contribution >= 0.6 is 23.7 Å². The van der Waals surface area contributed by atoms with Crippen molar-refractivity contribution in [2.45, 2.75) is 45.8 Å². The Morgan fingerprint density at radius 3 is 2.00 bits per heavy atom. The van der Waals surface area contributed by atoms with Crippen LogP contribution in [0.25, 0.3) is 0 Å². The minimum atomic E-state index is -4.12. The Bertz CT molecular complexity index is 934. The maximum atomic E-state index is 13.5. The zero-order valence-electron chi connectivity index (χ0n) is 17.3. The first kappa shape index (κ1) is 24.8. The lowest BCUT2D eigenvalue weighted by molar-refractivity contribution is -0.384. The predicted molar refractivity (Wildman–Crippen MR) is 119 cm³/mol. The first-order valence-electron chi connectivity index (χ1n) is 9.63. The maximum Gasteiger partial charge on any atom is 0.513 e. The smallest absolute Gasteiger partial charge is 0.461 e. The lowest BCUT2D eigenvalue weighted by atomic mass is 10.2. The van der Waals surface area contributed by atoms with E-state index >= 15 is 0 Å². The van der Waals surface area contributed by atoms with Gasteiger partial charge in [0.15, 0.2) is 0 Å². The molecule has 1 N–H and O–H groups in total. The fourth-order valence-electron chi connectivity index (χ4n) is 2.48. The van der Waals surface area contributed by atoms with Gasteiger partial charge in [-0.2, -0.15) is 5.09 Å². The molecule has 0 aromatic heterocycles.